The van der Waals surface area contributed by atoms with Crippen molar-refractivity contribution in [3.63, 3.8) is 0 Å². The van der Waals surface area contributed by atoms with Gasteiger partial charge in [0.2, 0.25) is 0 Å². The first-order valence-electron chi connectivity index (χ1n) is 9.62. The Kier molecular flexibility index (Phi) is 6.81. The van der Waals surface area contributed by atoms with E-state index in [0.717, 1.165) is 39.7 Å². The fraction of sp³-hybridized carbons (Fsp3) is 0.208. The van der Waals surface area contributed by atoms with Gasteiger partial charge in [-0.2, -0.15) is 0 Å². The molecule has 0 saturated carbocycles. The maximum atomic E-state index is 13.5. The summed E-state index contributed by atoms with van der Waals surface area (Å²) in [5, 5.41) is 0. The van der Waals surface area contributed by atoms with E-state index < -0.39 is 11.6 Å². The molecular formula is C24H23ClF2N2O2. The Labute approximate surface area is 185 Å². The molecule has 0 spiro atoms. The van der Waals surface area contributed by atoms with Crippen molar-refractivity contribution in [2.75, 3.05) is 7.11 Å². The third-order valence-corrected chi connectivity index (χ3v) is 5.30. The largest absolute Gasteiger partial charge is 0.496 e. The van der Waals surface area contributed by atoms with E-state index in [2.05, 4.69) is 9.55 Å². The highest BCUT2D eigenvalue weighted by Gasteiger charge is 2.18. The second-order valence-electron chi connectivity index (χ2n) is 7.18. The van der Waals surface area contributed by atoms with Crippen LogP contribution in [0.5, 0.6) is 11.5 Å². The fourth-order valence-electron chi connectivity index (χ4n) is 3.69. The number of ether oxygens (including phenoxy) is 2. The molecule has 162 valence electrons. The molecule has 0 fully saturated rings. The molecule has 0 amide bonds. The van der Waals surface area contributed by atoms with Crippen LogP contribution in [-0.4, -0.2) is 16.7 Å². The molecule has 0 radical (unpaired) electrons. The van der Waals surface area contributed by atoms with Crippen LogP contribution in [0.2, 0.25) is 0 Å². The van der Waals surface area contributed by atoms with Gasteiger partial charge < -0.3 is 14.0 Å². The monoisotopic (exact) mass is 444 g/mol. The third-order valence-electron chi connectivity index (χ3n) is 5.30. The number of aromatic nitrogens is 2. The molecule has 0 saturated heterocycles. The minimum Gasteiger partial charge on any atom is -0.496 e. The summed E-state index contributed by atoms with van der Waals surface area (Å²) in [5.74, 6) is 0.160. The smallest absolute Gasteiger partial charge is 0.147 e. The zero-order valence-electron chi connectivity index (χ0n) is 17.5. The second-order valence-corrected chi connectivity index (χ2v) is 7.18. The first-order valence-corrected chi connectivity index (χ1v) is 9.62. The number of halogens is 3. The van der Waals surface area contributed by atoms with Crippen molar-refractivity contribution < 1.29 is 18.3 Å². The van der Waals surface area contributed by atoms with Crippen LogP contribution in [0.4, 0.5) is 8.78 Å². The number of aryl methyl sites for hydroxylation is 1. The van der Waals surface area contributed by atoms with E-state index >= 15 is 0 Å². The zero-order valence-corrected chi connectivity index (χ0v) is 18.3. The summed E-state index contributed by atoms with van der Waals surface area (Å²) >= 11 is 0. The molecule has 0 atom stereocenters. The molecule has 4 aromatic rings. The normalized spacial score (nSPS) is 10.7. The number of hydrogen-bond donors (Lipinski definition) is 0. The Morgan fingerprint density at radius 1 is 0.968 bits per heavy atom. The van der Waals surface area contributed by atoms with E-state index in [1.165, 1.54) is 12.1 Å². The average molecular weight is 445 g/mol. The average Bonchev–Trinajstić information content (AvgIpc) is 2.97. The van der Waals surface area contributed by atoms with Gasteiger partial charge in [-0.3, -0.25) is 4.98 Å². The number of nitrogens with zero attached hydrogens (tertiary/aromatic N) is 2. The van der Waals surface area contributed by atoms with E-state index in [1.54, 1.807) is 19.4 Å². The lowest BCUT2D eigenvalue weighted by atomic mass is 10.2. The highest BCUT2D eigenvalue weighted by molar-refractivity contribution is 5.86. The molecule has 0 aliphatic carbocycles. The molecule has 31 heavy (non-hydrogen) atoms. The van der Waals surface area contributed by atoms with E-state index in [1.807, 2.05) is 38.1 Å². The molecule has 0 aliphatic rings. The maximum absolute atomic E-state index is 13.5. The number of benzene rings is 2. The lowest BCUT2D eigenvalue weighted by Gasteiger charge is -2.14. The minimum atomic E-state index is -0.625. The van der Waals surface area contributed by atoms with Crippen molar-refractivity contribution in [2.24, 2.45) is 0 Å². The number of fused-ring (bicyclic) bond motifs is 1. The topological polar surface area (TPSA) is 36.3 Å². The summed E-state index contributed by atoms with van der Waals surface area (Å²) in [6.45, 7) is 4.69. The number of para-hydroxylation sites is 1. The second kappa shape index (κ2) is 9.35. The highest BCUT2D eigenvalue weighted by Crippen LogP contribution is 2.33. The van der Waals surface area contributed by atoms with Crippen LogP contribution in [0.3, 0.4) is 0 Å². The molecular weight excluding hydrogens is 422 g/mol. The molecule has 4 nitrogen and oxygen atoms in total. The number of rotatable bonds is 6. The quantitative estimate of drug-likeness (QED) is 0.366. The predicted molar refractivity (Wildman–Crippen MR) is 119 cm³/mol. The number of hydrogen-bond acceptors (Lipinski definition) is 3. The SMILES string of the molecule is COc1ccccc1Cn1c(C)c(C)c2nccc(OCc3cc(F)cc(F)c3)c21.Cl. The van der Waals surface area contributed by atoms with Gasteiger partial charge in [-0.1, -0.05) is 18.2 Å². The molecule has 0 unspecified atom stereocenters. The summed E-state index contributed by atoms with van der Waals surface area (Å²) in [4.78, 5) is 4.54. The van der Waals surface area contributed by atoms with Gasteiger partial charge in [-0.05, 0) is 43.2 Å². The maximum Gasteiger partial charge on any atom is 0.147 e. The van der Waals surface area contributed by atoms with Gasteiger partial charge >= 0.3 is 0 Å². The Hall–Kier alpha value is -3.12. The predicted octanol–water partition coefficient (Wildman–Crippen LogP) is 5.99. The van der Waals surface area contributed by atoms with Crippen LogP contribution in [-0.2, 0) is 13.2 Å². The van der Waals surface area contributed by atoms with Crippen molar-refractivity contribution in [3.8, 4) is 11.5 Å². The van der Waals surface area contributed by atoms with Crippen LogP contribution in [0.15, 0.2) is 54.7 Å². The molecule has 0 N–H and O–H groups in total. The van der Waals surface area contributed by atoms with Crippen LogP contribution in [0.25, 0.3) is 11.0 Å². The minimum absolute atomic E-state index is 0. The van der Waals surface area contributed by atoms with E-state index in [0.29, 0.717) is 17.9 Å². The van der Waals surface area contributed by atoms with Gasteiger partial charge in [0.25, 0.3) is 0 Å². The Bertz CT molecular complexity index is 1200. The van der Waals surface area contributed by atoms with Crippen LogP contribution >= 0.6 is 12.4 Å². The molecule has 0 aliphatic heterocycles. The summed E-state index contributed by atoms with van der Waals surface area (Å²) in [6, 6.07) is 13.0. The van der Waals surface area contributed by atoms with Crippen molar-refractivity contribution in [3.05, 3.63) is 88.7 Å². The van der Waals surface area contributed by atoms with Gasteiger partial charge in [-0.15, -0.1) is 12.4 Å². The molecule has 4 rings (SSSR count). The van der Waals surface area contributed by atoms with Gasteiger partial charge in [0.1, 0.15) is 35.3 Å². The Morgan fingerprint density at radius 3 is 2.39 bits per heavy atom. The van der Waals surface area contributed by atoms with E-state index in [-0.39, 0.29) is 19.0 Å². The fourth-order valence-corrected chi connectivity index (χ4v) is 3.69. The molecule has 0 bridgehead atoms. The summed E-state index contributed by atoms with van der Waals surface area (Å²) < 4.78 is 40.7. The summed E-state index contributed by atoms with van der Waals surface area (Å²) in [5.41, 5.74) is 5.26. The van der Waals surface area contributed by atoms with E-state index in [4.69, 9.17) is 9.47 Å². The molecule has 2 aromatic heterocycles. The number of pyridine rings is 1. The Balaban J connectivity index is 0.00000272. The van der Waals surface area contributed by atoms with Crippen molar-refractivity contribution in [1.29, 1.82) is 0 Å². The first-order chi connectivity index (χ1) is 14.5. The van der Waals surface area contributed by atoms with Gasteiger partial charge in [0, 0.05) is 29.6 Å². The zero-order chi connectivity index (χ0) is 21.3. The van der Waals surface area contributed by atoms with Crippen LogP contribution in [0.1, 0.15) is 22.4 Å². The van der Waals surface area contributed by atoms with Crippen LogP contribution < -0.4 is 9.47 Å². The standard InChI is InChI=1S/C24H22F2N2O2.ClH/c1-15-16(2)28(13-18-6-4-5-7-21(18)29-3)24-22(8-9-27-23(15)24)30-14-17-10-19(25)12-20(26)11-17;/h4-12H,13-14H2,1-3H3;1H. The van der Waals surface area contributed by atoms with Crippen molar-refractivity contribution >= 4 is 23.4 Å². The first kappa shape index (κ1) is 22.6. The lowest BCUT2D eigenvalue weighted by Crippen LogP contribution is -2.05. The van der Waals surface area contributed by atoms with Gasteiger partial charge in [0.05, 0.1) is 19.2 Å². The molecule has 2 heterocycles. The summed E-state index contributed by atoms with van der Waals surface area (Å²) in [6.07, 6.45) is 1.68. The van der Waals surface area contributed by atoms with Crippen LogP contribution in [0, 0.1) is 25.5 Å². The number of methoxy groups -OCH3 is 1. The van der Waals surface area contributed by atoms with Gasteiger partial charge in [0.15, 0.2) is 0 Å². The van der Waals surface area contributed by atoms with E-state index in [9.17, 15) is 8.78 Å². The van der Waals surface area contributed by atoms with Gasteiger partial charge in [-0.25, -0.2) is 8.78 Å². The van der Waals surface area contributed by atoms with Crippen molar-refractivity contribution in [2.45, 2.75) is 27.0 Å². The third kappa shape index (κ3) is 4.49. The molecule has 7 heteroatoms. The Morgan fingerprint density at radius 2 is 1.68 bits per heavy atom. The molecule has 2 aromatic carbocycles. The summed E-state index contributed by atoms with van der Waals surface area (Å²) in [7, 11) is 1.65. The lowest BCUT2D eigenvalue weighted by molar-refractivity contribution is 0.307. The van der Waals surface area contributed by atoms with Crippen molar-refractivity contribution in [1.82, 2.24) is 9.55 Å². The highest BCUT2D eigenvalue weighted by atomic mass is 35.5.